The zero-order chi connectivity index (χ0) is 18.9. The number of hydrogen-bond acceptors (Lipinski definition) is 3. The van der Waals surface area contributed by atoms with Gasteiger partial charge in [-0.25, -0.2) is 0 Å². The molecule has 0 bridgehead atoms. The Morgan fingerprint density at radius 2 is 1.67 bits per heavy atom. The fourth-order valence-corrected chi connectivity index (χ4v) is 4.69. The highest BCUT2D eigenvalue weighted by Crippen LogP contribution is 2.37. The van der Waals surface area contributed by atoms with Crippen molar-refractivity contribution in [3.8, 4) is 0 Å². The first-order valence-corrected chi connectivity index (χ1v) is 9.93. The van der Waals surface area contributed by atoms with Gasteiger partial charge >= 0.3 is 5.97 Å². The van der Waals surface area contributed by atoms with E-state index >= 15 is 0 Å². The molecule has 0 spiro atoms. The average Bonchev–Trinajstić information content (AvgIpc) is 3.16. The van der Waals surface area contributed by atoms with Crippen LogP contribution in [0.4, 0.5) is 5.69 Å². The van der Waals surface area contributed by atoms with Gasteiger partial charge in [0.1, 0.15) is 5.41 Å². The van der Waals surface area contributed by atoms with Crippen molar-refractivity contribution in [1.29, 1.82) is 0 Å². The molecule has 2 aliphatic heterocycles. The van der Waals surface area contributed by atoms with Gasteiger partial charge in [-0.3, -0.25) is 9.69 Å². The minimum Gasteiger partial charge on any atom is -0.481 e. The third kappa shape index (κ3) is 3.46. The molecule has 2 aromatic rings. The summed E-state index contributed by atoms with van der Waals surface area (Å²) in [6.45, 7) is 5.69. The normalized spacial score (nSPS) is 24.3. The summed E-state index contributed by atoms with van der Waals surface area (Å²) in [5, 5.41) is 10.0. The molecule has 0 aromatic heterocycles. The molecule has 1 N–H and O–H groups in total. The van der Waals surface area contributed by atoms with Gasteiger partial charge in [-0.15, -0.1) is 0 Å². The molecule has 27 heavy (non-hydrogen) atoms. The van der Waals surface area contributed by atoms with Crippen LogP contribution < -0.4 is 4.90 Å². The molecule has 4 heteroatoms. The summed E-state index contributed by atoms with van der Waals surface area (Å²) < 4.78 is 0. The lowest BCUT2D eigenvalue weighted by Crippen LogP contribution is -2.46. The minimum atomic E-state index is -0.755. The Labute approximate surface area is 161 Å². The minimum absolute atomic E-state index is 0.483. The molecule has 0 radical (unpaired) electrons. The predicted molar refractivity (Wildman–Crippen MR) is 108 cm³/mol. The SMILES string of the molecule is Cc1ccc(N2CCC(N3CCC(C(=O)O)(c4ccccc4)C3)CC2)cc1. The molecule has 142 valence electrons. The molecule has 0 saturated carbocycles. The summed E-state index contributed by atoms with van der Waals surface area (Å²) in [7, 11) is 0. The van der Waals surface area contributed by atoms with Crippen molar-refractivity contribution in [3.63, 3.8) is 0 Å². The molecule has 1 unspecified atom stereocenters. The quantitative estimate of drug-likeness (QED) is 0.899. The summed E-state index contributed by atoms with van der Waals surface area (Å²) in [6, 6.07) is 19.0. The second-order valence-corrected chi connectivity index (χ2v) is 8.03. The van der Waals surface area contributed by atoms with Gasteiger partial charge in [0, 0.05) is 31.4 Å². The van der Waals surface area contributed by atoms with Gasteiger partial charge in [-0.1, -0.05) is 48.0 Å². The number of carbonyl (C=O) groups is 1. The summed E-state index contributed by atoms with van der Waals surface area (Å²) in [4.78, 5) is 17.1. The first kappa shape index (κ1) is 18.1. The van der Waals surface area contributed by atoms with Crippen LogP contribution in [0.25, 0.3) is 0 Å². The van der Waals surface area contributed by atoms with Crippen LogP contribution in [0.2, 0.25) is 0 Å². The molecule has 2 aromatic carbocycles. The molecule has 2 aliphatic rings. The number of carboxylic acids is 1. The number of hydrogen-bond donors (Lipinski definition) is 1. The number of anilines is 1. The highest BCUT2D eigenvalue weighted by atomic mass is 16.4. The number of benzene rings is 2. The van der Waals surface area contributed by atoms with E-state index in [1.807, 2.05) is 30.3 Å². The number of piperidine rings is 1. The Morgan fingerprint density at radius 1 is 1.00 bits per heavy atom. The van der Waals surface area contributed by atoms with Crippen LogP contribution in [0.5, 0.6) is 0 Å². The summed E-state index contributed by atoms with van der Waals surface area (Å²) in [5.41, 5.74) is 2.77. The topological polar surface area (TPSA) is 43.8 Å². The molecule has 0 aliphatic carbocycles. The van der Waals surface area contributed by atoms with Crippen molar-refractivity contribution >= 4 is 11.7 Å². The van der Waals surface area contributed by atoms with Crippen molar-refractivity contribution in [2.45, 2.75) is 37.6 Å². The molecule has 2 heterocycles. The smallest absolute Gasteiger partial charge is 0.315 e. The average molecular weight is 364 g/mol. The molecule has 1 atom stereocenters. The van der Waals surface area contributed by atoms with E-state index in [2.05, 4.69) is 41.0 Å². The first-order chi connectivity index (χ1) is 13.1. The van der Waals surface area contributed by atoms with Crippen molar-refractivity contribution < 1.29 is 9.90 Å². The Bertz CT molecular complexity index is 782. The number of rotatable bonds is 4. The Kier molecular flexibility index (Phi) is 4.92. The Hall–Kier alpha value is -2.33. The van der Waals surface area contributed by atoms with E-state index in [1.165, 1.54) is 11.3 Å². The first-order valence-electron chi connectivity index (χ1n) is 9.93. The molecule has 4 nitrogen and oxygen atoms in total. The fourth-order valence-electron chi connectivity index (χ4n) is 4.69. The van der Waals surface area contributed by atoms with Gasteiger partial charge in [0.05, 0.1) is 0 Å². The maximum absolute atomic E-state index is 12.2. The zero-order valence-corrected chi connectivity index (χ0v) is 16.0. The lowest BCUT2D eigenvalue weighted by atomic mass is 9.80. The lowest BCUT2D eigenvalue weighted by molar-refractivity contribution is -0.143. The van der Waals surface area contributed by atoms with Gasteiger partial charge in [0.2, 0.25) is 0 Å². The maximum atomic E-state index is 12.2. The predicted octanol–water partition coefficient (Wildman–Crippen LogP) is 3.69. The van der Waals surface area contributed by atoms with E-state index < -0.39 is 11.4 Å². The van der Waals surface area contributed by atoms with Crippen LogP contribution in [0.1, 0.15) is 30.4 Å². The van der Waals surface area contributed by atoms with Crippen molar-refractivity contribution in [2.75, 3.05) is 31.1 Å². The maximum Gasteiger partial charge on any atom is 0.315 e. The van der Waals surface area contributed by atoms with Crippen molar-refractivity contribution in [1.82, 2.24) is 4.90 Å². The monoisotopic (exact) mass is 364 g/mol. The Morgan fingerprint density at radius 3 is 2.30 bits per heavy atom. The summed E-state index contributed by atoms with van der Waals surface area (Å²) in [6.07, 6.45) is 2.89. The second-order valence-electron chi connectivity index (χ2n) is 8.03. The molecule has 4 rings (SSSR count). The number of nitrogens with zero attached hydrogens (tertiary/aromatic N) is 2. The Balaban J connectivity index is 1.42. The lowest BCUT2D eigenvalue weighted by Gasteiger charge is -2.38. The van der Waals surface area contributed by atoms with E-state index in [4.69, 9.17) is 0 Å². The van der Waals surface area contributed by atoms with E-state index in [0.29, 0.717) is 19.0 Å². The van der Waals surface area contributed by atoms with E-state index in [-0.39, 0.29) is 0 Å². The van der Waals surface area contributed by atoms with Crippen LogP contribution in [-0.2, 0) is 10.2 Å². The standard InChI is InChI=1S/C23H28N2O2/c1-18-7-9-20(10-8-18)24-14-11-21(12-15-24)25-16-13-23(17-25,22(26)27)19-5-3-2-4-6-19/h2-10,21H,11-17H2,1H3,(H,26,27). The third-order valence-corrected chi connectivity index (χ3v) is 6.41. The van der Waals surface area contributed by atoms with Crippen LogP contribution in [0, 0.1) is 6.92 Å². The van der Waals surface area contributed by atoms with Crippen molar-refractivity contribution in [2.24, 2.45) is 0 Å². The number of aryl methyl sites for hydroxylation is 1. The summed E-state index contributed by atoms with van der Waals surface area (Å²) in [5.74, 6) is -0.687. The van der Waals surface area contributed by atoms with Gasteiger partial charge < -0.3 is 10.0 Å². The molecular formula is C23H28N2O2. The van der Waals surface area contributed by atoms with E-state index in [9.17, 15) is 9.90 Å². The zero-order valence-electron chi connectivity index (χ0n) is 16.0. The van der Waals surface area contributed by atoms with Crippen LogP contribution in [0.3, 0.4) is 0 Å². The summed E-state index contributed by atoms with van der Waals surface area (Å²) >= 11 is 0. The van der Waals surface area contributed by atoms with E-state index in [1.54, 1.807) is 0 Å². The molecule has 2 saturated heterocycles. The third-order valence-electron chi connectivity index (χ3n) is 6.41. The highest BCUT2D eigenvalue weighted by Gasteiger charge is 2.47. The number of aliphatic carboxylic acids is 1. The number of carboxylic acid groups (broad SMARTS) is 1. The van der Waals surface area contributed by atoms with Gasteiger partial charge in [0.25, 0.3) is 0 Å². The van der Waals surface area contributed by atoms with Crippen molar-refractivity contribution in [3.05, 3.63) is 65.7 Å². The molecule has 0 amide bonds. The van der Waals surface area contributed by atoms with Gasteiger partial charge in [-0.2, -0.15) is 0 Å². The molecular weight excluding hydrogens is 336 g/mol. The van der Waals surface area contributed by atoms with E-state index in [0.717, 1.165) is 38.0 Å². The van der Waals surface area contributed by atoms with Crippen LogP contribution in [0.15, 0.2) is 54.6 Å². The number of likely N-dealkylation sites (tertiary alicyclic amines) is 1. The fraction of sp³-hybridized carbons (Fsp3) is 0.435. The highest BCUT2D eigenvalue weighted by molar-refractivity contribution is 5.82. The van der Waals surface area contributed by atoms with Gasteiger partial charge in [0.15, 0.2) is 0 Å². The largest absolute Gasteiger partial charge is 0.481 e. The van der Waals surface area contributed by atoms with Crippen LogP contribution >= 0.6 is 0 Å². The van der Waals surface area contributed by atoms with Crippen LogP contribution in [-0.4, -0.2) is 48.2 Å². The molecule has 2 fully saturated rings. The second kappa shape index (κ2) is 7.35. The van der Waals surface area contributed by atoms with Gasteiger partial charge in [-0.05, 0) is 50.4 Å².